The number of nitro groups is 1. The molecule has 0 aliphatic carbocycles. The summed E-state index contributed by atoms with van der Waals surface area (Å²) in [7, 11) is 1.29. The van der Waals surface area contributed by atoms with Gasteiger partial charge in [-0.2, -0.15) is 5.10 Å². The van der Waals surface area contributed by atoms with Gasteiger partial charge in [-0.25, -0.2) is 10.2 Å². The molecule has 0 bridgehead atoms. The van der Waals surface area contributed by atoms with Crippen molar-refractivity contribution in [1.82, 2.24) is 5.43 Å². The topological polar surface area (TPSA) is 111 Å². The van der Waals surface area contributed by atoms with Gasteiger partial charge in [0.05, 0.1) is 23.8 Å². The Morgan fingerprint density at radius 1 is 1.17 bits per heavy atom. The highest BCUT2D eigenvalue weighted by Crippen LogP contribution is 2.17. The molecule has 0 saturated heterocycles. The minimum absolute atomic E-state index is 0.0827. The molecule has 0 fully saturated rings. The van der Waals surface area contributed by atoms with Crippen LogP contribution in [0, 0.1) is 10.1 Å². The number of carbonyl (C=O) groups excluding carboxylic acids is 2. The maximum absolute atomic E-state index is 12.0. The summed E-state index contributed by atoms with van der Waals surface area (Å²) in [5.41, 5.74) is 2.86. The van der Waals surface area contributed by atoms with Gasteiger partial charge >= 0.3 is 5.97 Å². The van der Waals surface area contributed by atoms with E-state index < -0.39 is 16.8 Å². The van der Waals surface area contributed by atoms with Crippen molar-refractivity contribution < 1.29 is 19.2 Å². The SMILES string of the molecule is COC(=O)c1ccc(C=NNC(=O)c2ccccc2[N+](=O)[O-])cc1. The number of nitrogens with one attached hydrogen (secondary N) is 1. The fourth-order valence-corrected chi connectivity index (χ4v) is 1.87. The molecule has 0 radical (unpaired) electrons. The predicted molar refractivity (Wildman–Crippen MR) is 85.9 cm³/mol. The average Bonchev–Trinajstić information content (AvgIpc) is 2.61. The first-order chi connectivity index (χ1) is 11.5. The second-order valence-electron chi connectivity index (χ2n) is 4.59. The summed E-state index contributed by atoms with van der Waals surface area (Å²) in [6, 6.07) is 11.9. The molecule has 24 heavy (non-hydrogen) atoms. The molecule has 0 heterocycles. The molecule has 2 rings (SSSR count). The van der Waals surface area contributed by atoms with Gasteiger partial charge in [-0.05, 0) is 23.8 Å². The number of benzene rings is 2. The van der Waals surface area contributed by atoms with E-state index in [1.165, 1.54) is 37.6 Å². The molecule has 0 aliphatic heterocycles. The molecular formula is C16H13N3O5. The van der Waals surface area contributed by atoms with Crippen LogP contribution in [-0.4, -0.2) is 30.1 Å². The second-order valence-corrected chi connectivity index (χ2v) is 4.59. The molecule has 0 aliphatic rings. The summed E-state index contributed by atoms with van der Waals surface area (Å²) < 4.78 is 4.58. The standard InChI is InChI=1S/C16H13N3O5/c1-24-16(21)12-8-6-11(7-9-12)10-17-18-15(20)13-4-2-3-5-14(13)19(22)23/h2-10H,1H3,(H,18,20). The summed E-state index contributed by atoms with van der Waals surface area (Å²) in [6.45, 7) is 0. The van der Waals surface area contributed by atoms with Gasteiger partial charge in [-0.15, -0.1) is 0 Å². The highest BCUT2D eigenvalue weighted by atomic mass is 16.6. The predicted octanol–water partition coefficient (Wildman–Crippen LogP) is 2.15. The summed E-state index contributed by atoms with van der Waals surface area (Å²) in [5.74, 6) is -1.15. The minimum atomic E-state index is -0.690. The van der Waals surface area contributed by atoms with Crippen molar-refractivity contribution in [1.29, 1.82) is 0 Å². The van der Waals surface area contributed by atoms with E-state index in [0.717, 1.165) is 0 Å². The van der Waals surface area contributed by atoms with Crippen molar-refractivity contribution in [3.05, 3.63) is 75.3 Å². The molecule has 0 saturated carbocycles. The zero-order chi connectivity index (χ0) is 17.5. The number of hydrazone groups is 1. The Hall–Kier alpha value is -3.55. The normalized spacial score (nSPS) is 10.4. The number of methoxy groups -OCH3 is 1. The third-order valence-electron chi connectivity index (χ3n) is 3.06. The highest BCUT2D eigenvalue weighted by molar-refractivity contribution is 5.98. The smallest absolute Gasteiger partial charge is 0.337 e. The first-order valence-corrected chi connectivity index (χ1v) is 6.78. The number of para-hydroxylation sites is 1. The number of nitro benzene ring substituents is 1. The zero-order valence-electron chi connectivity index (χ0n) is 12.6. The van der Waals surface area contributed by atoms with E-state index in [0.29, 0.717) is 11.1 Å². The number of esters is 1. The highest BCUT2D eigenvalue weighted by Gasteiger charge is 2.18. The fraction of sp³-hybridized carbons (Fsp3) is 0.0625. The summed E-state index contributed by atoms with van der Waals surface area (Å²) in [4.78, 5) is 33.5. The van der Waals surface area contributed by atoms with Gasteiger partial charge in [-0.3, -0.25) is 14.9 Å². The molecule has 1 amide bonds. The first kappa shape index (κ1) is 16.8. The van der Waals surface area contributed by atoms with Crippen LogP contribution in [-0.2, 0) is 4.74 Å². The molecular weight excluding hydrogens is 314 g/mol. The van der Waals surface area contributed by atoms with E-state index in [1.54, 1.807) is 24.3 Å². The third-order valence-corrected chi connectivity index (χ3v) is 3.06. The van der Waals surface area contributed by atoms with Crippen LogP contribution in [0.4, 0.5) is 5.69 Å². The van der Waals surface area contributed by atoms with E-state index in [2.05, 4.69) is 15.3 Å². The first-order valence-electron chi connectivity index (χ1n) is 6.78. The lowest BCUT2D eigenvalue weighted by molar-refractivity contribution is -0.385. The van der Waals surface area contributed by atoms with Crippen LogP contribution in [0.2, 0.25) is 0 Å². The van der Waals surface area contributed by atoms with Crippen LogP contribution in [0.25, 0.3) is 0 Å². The lowest BCUT2D eigenvalue weighted by Gasteiger charge is -2.01. The van der Waals surface area contributed by atoms with Gasteiger partial charge in [0.2, 0.25) is 0 Å². The van der Waals surface area contributed by atoms with Gasteiger partial charge in [0, 0.05) is 6.07 Å². The Morgan fingerprint density at radius 3 is 2.46 bits per heavy atom. The zero-order valence-corrected chi connectivity index (χ0v) is 12.6. The van der Waals surface area contributed by atoms with Gasteiger partial charge in [0.25, 0.3) is 11.6 Å². The number of amides is 1. The van der Waals surface area contributed by atoms with E-state index in [1.807, 2.05) is 0 Å². The maximum atomic E-state index is 12.0. The van der Waals surface area contributed by atoms with Gasteiger partial charge in [0.15, 0.2) is 0 Å². The van der Waals surface area contributed by atoms with E-state index in [-0.39, 0.29) is 11.3 Å². The van der Waals surface area contributed by atoms with Crippen LogP contribution in [0.15, 0.2) is 53.6 Å². The second kappa shape index (κ2) is 7.63. The monoisotopic (exact) mass is 327 g/mol. The van der Waals surface area contributed by atoms with Gasteiger partial charge in [-0.1, -0.05) is 24.3 Å². The summed E-state index contributed by atoms with van der Waals surface area (Å²) >= 11 is 0. The third kappa shape index (κ3) is 4.01. The summed E-state index contributed by atoms with van der Waals surface area (Å²) in [5, 5.41) is 14.6. The van der Waals surface area contributed by atoms with Gasteiger partial charge < -0.3 is 4.74 Å². The Morgan fingerprint density at radius 2 is 1.83 bits per heavy atom. The van der Waals surface area contributed by atoms with Crippen molar-refractivity contribution in [2.24, 2.45) is 5.10 Å². The lowest BCUT2D eigenvalue weighted by Crippen LogP contribution is -2.18. The molecule has 2 aromatic carbocycles. The molecule has 0 unspecified atom stereocenters. The average molecular weight is 327 g/mol. The van der Waals surface area contributed by atoms with E-state index in [9.17, 15) is 19.7 Å². The van der Waals surface area contributed by atoms with Crippen molar-refractivity contribution >= 4 is 23.8 Å². The van der Waals surface area contributed by atoms with Crippen molar-refractivity contribution in [2.75, 3.05) is 7.11 Å². The number of carbonyl (C=O) groups is 2. The maximum Gasteiger partial charge on any atom is 0.337 e. The minimum Gasteiger partial charge on any atom is -0.465 e. The molecule has 0 spiro atoms. The lowest BCUT2D eigenvalue weighted by atomic mass is 10.1. The van der Waals surface area contributed by atoms with E-state index in [4.69, 9.17) is 0 Å². The van der Waals surface area contributed by atoms with Crippen LogP contribution < -0.4 is 5.43 Å². The molecule has 8 nitrogen and oxygen atoms in total. The van der Waals surface area contributed by atoms with Crippen LogP contribution in [0.3, 0.4) is 0 Å². The van der Waals surface area contributed by atoms with Crippen molar-refractivity contribution in [3.8, 4) is 0 Å². The molecule has 8 heteroatoms. The van der Waals surface area contributed by atoms with Crippen LogP contribution >= 0.6 is 0 Å². The molecule has 2 aromatic rings. The van der Waals surface area contributed by atoms with E-state index >= 15 is 0 Å². The Bertz CT molecular complexity index is 800. The molecule has 1 N–H and O–H groups in total. The largest absolute Gasteiger partial charge is 0.465 e. The molecule has 0 aromatic heterocycles. The summed E-state index contributed by atoms with van der Waals surface area (Å²) in [6.07, 6.45) is 1.35. The fourth-order valence-electron chi connectivity index (χ4n) is 1.87. The quantitative estimate of drug-likeness (QED) is 0.391. The van der Waals surface area contributed by atoms with Crippen LogP contribution in [0.5, 0.6) is 0 Å². The molecule has 0 atom stereocenters. The number of ether oxygens (including phenoxy) is 1. The van der Waals surface area contributed by atoms with Crippen LogP contribution in [0.1, 0.15) is 26.3 Å². The van der Waals surface area contributed by atoms with Crippen molar-refractivity contribution in [3.63, 3.8) is 0 Å². The number of nitrogens with zero attached hydrogens (tertiary/aromatic N) is 2. The van der Waals surface area contributed by atoms with Crippen molar-refractivity contribution in [2.45, 2.75) is 0 Å². The Labute approximate surface area is 136 Å². The van der Waals surface area contributed by atoms with Gasteiger partial charge in [0.1, 0.15) is 5.56 Å². The number of hydrogen-bond donors (Lipinski definition) is 1. The molecule has 122 valence electrons. The Balaban J connectivity index is 2.05. The number of rotatable bonds is 5. The Kier molecular flexibility index (Phi) is 5.35. The number of hydrogen-bond acceptors (Lipinski definition) is 6.